The van der Waals surface area contributed by atoms with Gasteiger partial charge in [0, 0.05) is 36.3 Å². The van der Waals surface area contributed by atoms with E-state index in [0.29, 0.717) is 36.5 Å². The van der Waals surface area contributed by atoms with Crippen LogP contribution in [0.15, 0.2) is 47.4 Å². The van der Waals surface area contributed by atoms with Crippen molar-refractivity contribution < 1.29 is 13.2 Å². The number of carbonyl (C=O) groups is 1. The number of anilines is 1. The van der Waals surface area contributed by atoms with Crippen molar-refractivity contribution in [2.24, 2.45) is 11.3 Å². The third kappa shape index (κ3) is 3.53. The molecule has 180 valence electrons. The van der Waals surface area contributed by atoms with Crippen LogP contribution in [0.2, 0.25) is 0 Å². The van der Waals surface area contributed by atoms with E-state index in [0.717, 1.165) is 24.9 Å². The summed E-state index contributed by atoms with van der Waals surface area (Å²) in [6.07, 6.45) is 8.39. The number of aryl methyl sites for hydroxylation is 1. The first kappa shape index (κ1) is 22.3. The van der Waals surface area contributed by atoms with Gasteiger partial charge in [-0.1, -0.05) is 30.7 Å². The second kappa shape index (κ2) is 7.66. The van der Waals surface area contributed by atoms with Crippen molar-refractivity contribution in [3.63, 3.8) is 0 Å². The number of rotatable bonds is 3. The molecular weight excluding hydrogens is 444 g/mol. The van der Waals surface area contributed by atoms with Gasteiger partial charge in [-0.3, -0.25) is 4.79 Å². The quantitative estimate of drug-likeness (QED) is 0.603. The Kier molecular flexibility index (Phi) is 5.02. The molecule has 4 aliphatic rings. The Balaban J connectivity index is 1.32. The molecule has 0 aromatic heterocycles. The standard InChI is InChI=1S/C28H34N2O3S/c1-20-6-7-25-24(16-20)28(13-11-27(9-10-27)12-14-28)19-30(25)26(31)22-4-3-5-23(17-22)34(32,33)29-15-8-21(2)18-29/h3-7,16-17,21H,8-15,18-19H2,1-2H3/t21-/m1/s1. The highest BCUT2D eigenvalue weighted by Gasteiger charge is 2.53. The molecule has 1 saturated heterocycles. The van der Waals surface area contributed by atoms with Gasteiger partial charge >= 0.3 is 0 Å². The fourth-order valence-electron chi connectivity index (χ4n) is 6.53. The molecule has 0 N–H and O–H groups in total. The van der Waals surface area contributed by atoms with Crippen LogP contribution in [0.5, 0.6) is 0 Å². The Morgan fingerprint density at radius 2 is 1.74 bits per heavy atom. The van der Waals surface area contributed by atoms with E-state index in [-0.39, 0.29) is 16.2 Å². The van der Waals surface area contributed by atoms with Gasteiger partial charge in [0.25, 0.3) is 5.91 Å². The van der Waals surface area contributed by atoms with Crippen LogP contribution in [0.1, 0.15) is 73.4 Å². The molecule has 0 bridgehead atoms. The molecule has 2 aliphatic carbocycles. The SMILES string of the molecule is Cc1ccc2c(c1)C1(CCC3(CC3)CC1)CN2C(=O)c1cccc(S(=O)(=O)N2CC[C@@H](C)C2)c1. The fourth-order valence-corrected chi connectivity index (χ4v) is 8.16. The highest BCUT2D eigenvalue weighted by atomic mass is 32.2. The van der Waals surface area contributed by atoms with Crippen molar-refractivity contribution in [2.75, 3.05) is 24.5 Å². The number of benzene rings is 2. The third-order valence-corrected chi connectivity index (χ3v) is 10.9. The molecule has 2 aliphatic heterocycles. The van der Waals surface area contributed by atoms with Crippen LogP contribution in [0.25, 0.3) is 0 Å². The fraction of sp³-hybridized carbons (Fsp3) is 0.536. The van der Waals surface area contributed by atoms with Crippen LogP contribution in [0.3, 0.4) is 0 Å². The Hall–Kier alpha value is -2.18. The maximum atomic E-state index is 13.8. The minimum atomic E-state index is -3.59. The van der Waals surface area contributed by atoms with E-state index >= 15 is 0 Å². The van der Waals surface area contributed by atoms with E-state index in [2.05, 4.69) is 32.0 Å². The summed E-state index contributed by atoms with van der Waals surface area (Å²) < 4.78 is 28.0. The lowest BCUT2D eigenvalue weighted by atomic mass is 9.66. The van der Waals surface area contributed by atoms with Gasteiger partial charge in [-0.2, -0.15) is 4.31 Å². The summed E-state index contributed by atoms with van der Waals surface area (Å²) in [5.41, 5.74) is 4.61. The number of nitrogens with zero attached hydrogens (tertiary/aromatic N) is 2. The number of amides is 1. The zero-order chi connectivity index (χ0) is 23.7. The zero-order valence-electron chi connectivity index (χ0n) is 20.2. The third-order valence-electron chi connectivity index (χ3n) is 9.05. The smallest absolute Gasteiger partial charge is 0.258 e. The monoisotopic (exact) mass is 478 g/mol. The molecule has 2 aromatic carbocycles. The van der Waals surface area contributed by atoms with Crippen molar-refractivity contribution in [3.05, 3.63) is 59.2 Å². The molecule has 2 aromatic rings. The molecule has 5 nitrogen and oxygen atoms in total. The Morgan fingerprint density at radius 1 is 1.00 bits per heavy atom. The van der Waals surface area contributed by atoms with Crippen molar-refractivity contribution in [3.8, 4) is 0 Å². The predicted molar refractivity (Wildman–Crippen MR) is 134 cm³/mol. The minimum Gasteiger partial charge on any atom is -0.307 e. The van der Waals surface area contributed by atoms with Crippen molar-refractivity contribution in [1.29, 1.82) is 0 Å². The summed E-state index contributed by atoms with van der Waals surface area (Å²) in [7, 11) is -3.59. The largest absolute Gasteiger partial charge is 0.307 e. The summed E-state index contributed by atoms with van der Waals surface area (Å²) in [6.45, 7) is 5.99. The summed E-state index contributed by atoms with van der Waals surface area (Å²) in [5.74, 6) is 0.270. The normalized spacial score (nSPS) is 25.1. The van der Waals surface area contributed by atoms with E-state index in [4.69, 9.17) is 0 Å². The number of hydrogen-bond acceptors (Lipinski definition) is 3. The van der Waals surface area contributed by atoms with Crippen LogP contribution in [-0.2, 0) is 15.4 Å². The molecule has 2 saturated carbocycles. The first-order chi connectivity index (χ1) is 16.2. The molecule has 0 radical (unpaired) electrons. The summed E-state index contributed by atoms with van der Waals surface area (Å²) in [4.78, 5) is 16.0. The van der Waals surface area contributed by atoms with Gasteiger partial charge in [-0.05, 0) is 93.0 Å². The first-order valence-corrected chi connectivity index (χ1v) is 14.2. The summed E-state index contributed by atoms with van der Waals surface area (Å²) in [5, 5.41) is 0. The minimum absolute atomic E-state index is 0.0280. The van der Waals surface area contributed by atoms with Gasteiger partial charge in [0.15, 0.2) is 0 Å². The molecular formula is C28H34N2O3S. The molecule has 2 heterocycles. The lowest BCUT2D eigenvalue weighted by Crippen LogP contribution is -2.40. The molecule has 1 atom stereocenters. The average Bonchev–Trinajstić information content (AvgIpc) is 3.32. The first-order valence-electron chi connectivity index (χ1n) is 12.7. The predicted octanol–water partition coefficient (Wildman–Crippen LogP) is 5.28. The molecule has 1 amide bonds. The van der Waals surface area contributed by atoms with Crippen LogP contribution < -0.4 is 4.90 Å². The van der Waals surface area contributed by atoms with Gasteiger partial charge < -0.3 is 4.90 Å². The van der Waals surface area contributed by atoms with E-state index in [1.807, 2.05) is 4.90 Å². The molecule has 6 heteroatoms. The summed E-state index contributed by atoms with van der Waals surface area (Å²) in [6, 6.07) is 13.1. The molecule has 2 spiro atoms. The summed E-state index contributed by atoms with van der Waals surface area (Å²) >= 11 is 0. The average molecular weight is 479 g/mol. The van der Waals surface area contributed by atoms with Crippen LogP contribution in [-0.4, -0.2) is 38.3 Å². The molecule has 0 unspecified atom stereocenters. The second-order valence-electron chi connectivity index (χ2n) is 11.5. The maximum Gasteiger partial charge on any atom is 0.258 e. The number of fused-ring (bicyclic) bond motifs is 2. The van der Waals surface area contributed by atoms with Crippen molar-refractivity contribution in [1.82, 2.24) is 4.31 Å². The zero-order valence-corrected chi connectivity index (χ0v) is 21.0. The number of carbonyl (C=O) groups excluding carboxylic acids is 1. The maximum absolute atomic E-state index is 13.8. The van der Waals surface area contributed by atoms with Crippen LogP contribution >= 0.6 is 0 Å². The van der Waals surface area contributed by atoms with Crippen LogP contribution in [0, 0.1) is 18.3 Å². The van der Waals surface area contributed by atoms with Gasteiger partial charge in [0.2, 0.25) is 10.0 Å². The second-order valence-corrected chi connectivity index (χ2v) is 13.4. The van der Waals surface area contributed by atoms with Gasteiger partial charge in [0.05, 0.1) is 4.90 Å². The number of hydrogen-bond donors (Lipinski definition) is 0. The Labute approximate surface area is 203 Å². The topological polar surface area (TPSA) is 57.7 Å². The van der Waals surface area contributed by atoms with E-state index in [1.165, 1.54) is 36.8 Å². The molecule has 34 heavy (non-hydrogen) atoms. The number of sulfonamides is 1. The molecule has 3 fully saturated rings. The molecule has 6 rings (SSSR count). The van der Waals surface area contributed by atoms with Gasteiger partial charge in [0.1, 0.15) is 0 Å². The lowest BCUT2D eigenvalue weighted by Gasteiger charge is -2.38. The highest BCUT2D eigenvalue weighted by molar-refractivity contribution is 7.89. The van der Waals surface area contributed by atoms with Crippen molar-refractivity contribution >= 4 is 21.6 Å². The van der Waals surface area contributed by atoms with E-state index < -0.39 is 10.0 Å². The highest BCUT2D eigenvalue weighted by Crippen LogP contribution is 2.62. The lowest BCUT2D eigenvalue weighted by molar-refractivity contribution is 0.0980. The Morgan fingerprint density at radius 3 is 2.41 bits per heavy atom. The van der Waals surface area contributed by atoms with E-state index in [9.17, 15) is 13.2 Å². The van der Waals surface area contributed by atoms with Crippen molar-refractivity contribution in [2.45, 2.75) is 69.1 Å². The van der Waals surface area contributed by atoms with E-state index in [1.54, 1.807) is 28.6 Å². The van der Waals surface area contributed by atoms with Gasteiger partial charge in [-0.15, -0.1) is 0 Å². The van der Waals surface area contributed by atoms with Crippen LogP contribution in [0.4, 0.5) is 5.69 Å². The Bertz CT molecular complexity index is 1250. The van der Waals surface area contributed by atoms with Gasteiger partial charge in [-0.25, -0.2) is 8.42 Å².